The molecule has 2 aromatic carbocycles. The van der Waals surface area contributed by atoms with Crippen LogP contribution in [0.5, 0.6) is 17.2 Å². The van der Waals surface area contributed by atoms with Crippen molar-refractivity contribution in [2.24, 2.45) is 0 Å². The lowest BCUT2D eigenvalue weighted by Crippen LogP contribution is -2.33. The Hall–Kier alpha value is -2.20. The molecule has 0 fully saturated rings. The number of benzene rings is 2. The van der Waals surface area contributed by atoms with Crippen LogP contribution in [-0.4, -0.2) is 37.8 Å². The molecule has 0 aromatic heterocycles. The van der Waals surface area contributed by atoms with Crippen molar-refractivity contribution < 1.29 is 14.6 Å². The third-order valence-electron chi connectivity index (χ3n) is 4.66. The molecule has 1 aliphatic rings. The number of likely N-dealkylation sites (N-methyl/N-ethyl adjacent to an activating group) is 1. The molecule has 1 heterocycles. The van der Waals surface area contributed by atoms with E-state index in [0.29, 0.717) is 5.75 Å². The molecule has 1 atom stereocenters. The van der Waals surface area contributed by atoms with Gasteiger partial charge in [0, 0.05) is 18.2 Å². The summed E-state index contributed by atoms with van der Waals surface area (Å²) in [5, 5.41) is 10.1. The molecule has 0 radical (unpaired) electrons. The first kappa shape index (κ1) is 15.7. The quantitative estimate of drug-likeness (QED) is 0.941. The number of hydrogen-bond donors (Lipinski definition) is 1. The van der Waals surface area contributed by atoms with Crippen molar-refractivity contribution in [2.75, 3.05) is 27.8 Å². The van der Waals surface area contributed by atoms with Crippen molar-refractivity contribution in [1.82, 2.24) is 4.90 Å². The third kappa shape index (κ3) is 2.99. The number of fused-ring (bicyclic) bond motifs is 1. The Morgan fingerprint density at radius 2 is 1.83 bits per heavy atom. The average molecular weight is 313 g/mol. The number of methoxy groups -OCH3 is 2. The Morgan fingerprint density at radius 3 is 2.48 bits per heavy atom. The van der Waals surface area contributed by atoms with Crippen LogP contribution in [0.1, 0.15) is 22.7 Å². The highest BCUT2D eigenvalue weighted by Crippen LogP contribution is 2.42. The topological polar surface area (TPSA) is 41.9 Å². The maximum absolute atomic E-state index is 10.1. The number of phenolic OH excluding ortho intramolecular Hbond substituents is 1. The molecule has 0 amide bonds. The molecule has 0 bridgehead atoms. The van der Waals surface area contributed by atoms with Gasteiger partial charge in [-0.05, 0) is 49.2 Å². The van der Waals surface area contributed by atoms with Crippen LogP contribution in [0.25, 0.3) is 0 Å². The van der Waals surface area contributed by atoms with Crippen LogP contribution in [0, 0.1) is 0 Å². The van der Waals surface area contributed by atoms with E-state index in [1.807, 2.05) is 18.2 Å². The summed E-state index contributed by atoms with van der Waals surface area (Å²) in [7, 11) is 5.42. The highest BCUT2D eigenvalue weighted by atomic mass is 16.5. The number of aromatic hydroxyl groups is 1. The fraction of sp³-hybridized carbons (Fsp3) is 0.368. The van der Waals surface area contributed by atoms with E-state index < -0.39 is 0 Å². The zero-order valence-corrected chi connectivity index (χ0v) is 13.9. The summed E-state index contributed by atoms with van der Waals surface area (Å²) in [6.07, 6.45) is 1.84. The van der Waals surface area contributed by atoms with Crippen LogP contribution < -0.4 is 9.47 Å². The molecule has 3 rings (SSSR count). The van der Waals surface area contributed by atoms with Crippen molar-refractivity contribution >= 4 is 0 Å². The zero-order chi connectivity index (χ0) is 16.4. The highest BCUT2D eigenvalue weighted by Gasteiger charge is 2.29. The summed E-state index contributed by atoms with van der Waals surface area (Å²) in [5.41, 5.74) is 3.61. The number of ether oxygens (including phenoxy) is 2. The first-order chi connectivity index (χ1) is 11.1. The Balaban J connectivity index is 1.97. The van der Waals surface area contributed by atoms with E-state index in [1.54, 1.807) is 20.3 Å². The van der Waals surface area contributed by atoms with Gasteiger partial charge in [0.25, 0.3) is 0 Å². The summed E-state index contributed by atoms with van der Waals surface area (Å²) < 4.78 is 10.7. The summed E-state index contributed by atoms with van der Waals surface area (Å²) >= 11 is 0. The van der Waals surface area contributed by atoms with E-state index >= 15 is 0 Å². The summed E-state index contributed by atoms with van der Waals surface area (Å²) in [5.74, 6) is 1.68. The van der Waals surface area contributed by atoms with Crippen LogP contribution in [-0.2, 0) is 12.8 Å². The minimum Gasteiger partial charge on any atom is -0.504 e. The van der Waals surface area contributed by atoms with Crippen LogP contribution >= 0.6 is 0 Å². The second-order valence-electron chi connectivity index (χ2n) is 5.99. The van der Waals surface area contributed by atoms with Gasteiger partial charge in [-0.1, -0.05) is 18.2 Å². The number of hydrogen-bond acceptors (Lipinski definition) is 4. The fourth-order valence-corrected chi connectivity index (χ4v) is 3.34. The second-order valence-corrected chi connectivity index (χ2v) is 5.99. The Bertz CT molecular complexity index is 682. The van der Waals surface area contributed by atoms with Crippen molar-refractivity contribution in [3.63, 3.8) is 0 Å². The minimum atomic E-state index is 0.189. The Kier molecular flexibility index (Phi) is 4.44. The number of rotatable bonds is 4. The maximum Gasteiger partial charge on any atom is 0.165 e. The van der Waals surface area contributed by atoms with Gasteiger partial charge in [-0.2, -0.15) is 0 Å². The molecule has 4 nitrogen and oxygen atoms in total. The summed E-state index contributed by atoms with van der Waals surface area (Å²) in [6.45, 7) is 1.00. The molecule has 1 N–H and O–H groups in total. The molecule has 0 aliphatic carbocycles. The molecule has 1 aliphatic heterocycles. The molecule has 0 saturated heterocycles. The largest absolute Gasteiger partial charge is 0.504 e. The molecule has 4 heteroatoms. The summed E-state index contributed by atoms with van der Waals surface area (Å²) in [6, 6.07) is 12.1. The van der Waals surface area contributed by atoms with Gasteiger partial charge in [0.05, 0.1) is 14.2 Å². The lowest BCUT2D eigenvalue weighted by atomic mass is 9.88. The Labute approximate surface area is 137 Å². The second kappa shape index (κ2) is 6.50. The Morgan fingerprint density at radius 1 is 1.09 bits per heavy atom. The lowest BCUT2D eigenvalue weighted by Gasteiger charge is -2.36. The molecular weight excluding hydrogens is 290 g/mol. The van der Waals surface area contributed by atoms with Crippen LogP contribution in [0.2, 0.25) is 0 Å². The molecule has 122 valence electrons. The average Bonchev–Trinajstić information content (AvgIpc) is 2.58. The molecular formula is C19H23NO3. The van der Waals surface area contributed by atoms with E-state index in [9.17, 15) is 5.11 Å². The number of nitrogens with zero attached hydrogens (tertiary/aromatic N) is 1. The maximum atomic E-state index is 10.1. The first-order valence-electron chi connectivity index (χ1n) is 7.86. The van der Waals surface area contributed by atoms with Crippen molar-refractivity contribution in [3.05, 3.63) is 53.1 Å². The molecule has 23 heavy (non-hydrogen) atoms. The normalized spacial score (nSPS) is 17.6. The van der Waals surface area contributed by atoms with Gasteiger partial charge >= 0.3 is 0 Å². The van der Waals surface area contributed by atoms with Gasteiger partial charge in [-0.15, -0.1) is 0 Å². The monoisotopic (exact) mass is 313 g/mol. The van der Waals surface area contributed by atoms with E-state index in [-0.39, 0.29) is 11.8 Å². The predicted octanol–water partition coefficient (Wildman–Crippen LogP) is 3.18. The van der Waals surface area contributed by atoms with Gasteiger partial charge in [-0.25, -0.2) is 0 Å². The van der Waals surface area contributed by atoms with Gasteiger partial charge in [0.15, 0.2) is 11.5 Å². The molecule has 0 spiro atoms. The SMILES string of the molecule is COc1ccc(CC2c3c(ccc(O)c3OC)CCN2C)cc1. The molecule has 1 unspecified atom stereocenters. The predicted molar refractivity (Wildman–Crippen MR) is 90.4 cm³/mol. The molecule has 2 aromatic rings. The van der Waals surface area contributed by atoms with Gasteiger partial charge in [0.2, 0.25) is 0 Å². The third-order valence-corrected chi connectivity index (χ3v) is 4.66. The fourth-order valence-electron chi connectivity index (χ4n) is 3.34. The number of phenols is 1. The van der Waals surface area contributed by atoms with Crippen LogP contribution in [0.15, 0.2) is 36.4 Å². The van der Waals surface area contributed by atoms with Gasteiger partial charge in [0.1, 0.15) is 5.75 Å². The first-order valence-corrected chi connectivity index (χ1v) is 7.86. The standard InChI is InChI=1S/C19H23NO3/c1-20-11-10-14-6-9-17(21)19(23-3)18(14)16(20)12-13-4-7-15(22-2)8-5-13/h4-9,16,21H,10-12H2,1-3H3. The zero-order valence-electron chi connectivity index (χ0n) is 13.9. The molecule has 0 saturated carbocycles. The van der Waals surface area contributed by atoms with Gasteiger partial charge in [-0.3, -0.25) is 4.90 Å². The van der Waals surface area contributed by atoms with Crippen LogP contribution in [0.4, 0.5) is 0 Å². The van der Waals surface area contributed by atoms with E-state index in [1.165, 1.54) is 11.1 Å². The van der Waals surface area contributed by atoms with E-state index in [2.05, 4.69) is 24.1 Å². The lowest BCUT2D eigenvalue weighted by molar-refractivity contribution is 0.221. The van der Waals surface area contributed by atoms with Gasteiger partial charge < -0.3 is 14.6 Å². The highest BCUT2D eigenvalue weighted by molar-refractivity contribution is 5.53. The van der Waals surface area contributed by atoms with Crippen molar-refractivity contribution in [1.29, 1.82) is 0 Å². The van der Waals surface area contributed by atoms with E-state index in [4.69, 9.17) is 9.47 Å². The summed E-state index contributed by atoms with van der Waals surface area (Å²) in [4.78, 5) is 2.33. The minimum absolute atomic E-state index is 0.189. The van der Waals surface area contributed by atoms with Crippen molar-refractivity contribution in [2.45, 2.75) is 18.9 Å². The van der Waals surface area contributed by atoms with E-state index in [0.717, 1.165) is 30.7 Å². The smallest absolute Gasteiger partial charge is 0.165 e. The van der Waals surface area contributed by atoms with Crippen molar-refractivity contribution in [3.8, 4) is 17.2 Å². The van der Waals surface area contributed by atoms with Crippen LogP contribution in [0.3, 0.4) is 0 Å².